The molecular formula is C26H24N4O4. The molecule has 172 valence electrons. The average Bonchev–Trinajstić information content (AvgIpc) is 2.86. The first kappa shape index (κ1) is 22.7. The second kappa shape index (κ2) is 10.4. The number of amides is 4. The molecule has 0 aromatic heterocycles. The van der Waals surface area contributed by atoms with Crippen LogP contribution in [0.5, 0.6) is 0 Å². The number of anilines is 3. The van der Waals surface area contributed by atoms with Gasteiger partial charge in [0.05, 0.1) is 11.4 Å². The third-order valence-electron chi connectivity index (χ3n) is 5.33. The van der Waals surface area contributed by atoms with Crippen LogP contribution < -0.4 is 20.9 Å². The second-order valence-electron chi connectivity index (χ2n) is 7.81. The molecule has 3 aromatic rings. The van der Waals surface area contributed by atoms with Crippen molar-refractivity contribution in [2.75, 3.05) is 28.6 Å². The number of nitrogens with one attached hydrogen (secondary N) is 3. The number of fused-ring (bicyclic) bond motifs is 1. The van der Waals surface area contributed by atoms with Crippen molar-refractivity contribution in [3.05, 3.63) is 90.0 Å². The maximum Gasteiger partial charge on any atom is 0.258 e. The van der Waals surface area contributed by atoms with Gasteiger partial charge in [-0.05, 0) is 55.0 Å². The van der Waals surface area contributed by atoms with Gasteiger partial charge in [0.15, 0.2) is 0 Å². The smallest absolute Gasteiger partial charge is 0.258 e. The Bertz CT molecular complexity index is 1210. The fourth-order valence-electron chi connectivity index (χ4n) is 3.63. The molecule has 3 aromatic carbocycles. The first-order valence-electron chi connectivity index (χ1n) is 10.9. The highest BCUT2D eigenvalue weighted by atomic mass is 16.2. The van der Waals surface area contributed by atoms with Crippen LogP contribution in [-0.2, 0) is 9.59 Å². The Labute approximate surface area is 197 Å². The van der Waals surface area contributed by atoms with Crippen LogP contribution >= 0.6 is 0 Å². The predicted octanol–water partition coefficient (Wildman–Crippen LogP) is 3.43. The van der Waals surface area contributed by atoms with Crippen molar-refractivity contribution >= 4 is 40.7 Å². The number of para-hydroxylation sites is 2. The Morgan fingerprint density at radius 3 is 2.32 bits per heavy atom. The van der Waals surface area contributed by atoms with E-state index in [0.29, 0.717) is 41.2 Å². The summed E-state index contributed by atoms with van der Waals surface area (Å²) < 4.78 is 0. The van der Waals surface area contributed by atoms with E-state index in [9.17, 15) is 19.2 Å². The van der Waals surface area contributed by atoms with Crippen molar-refractivity contribution in [1.29, 1.82) is 0 Å². The van der Waals surface area contributed by atoms with Gasteiger partial charge < -0.3 is 16.0 Å². The lowest BCUT2D eigenvalue weighted by Gasteiger charge is -2.29. The first-order valence-corrected chi connectivity index (χ1v) is 10.9. The van der Waals surface area contributed by atoms with Gasteiger partial charge in [-0.3, -0.25) is 24.1 Å². The van der Waals surface area contributed by atoms with Gasteiger partial charge in [0.1, 0.15) is 6.54 Å². The molecule has 0 saturated carbocycles. The summed E-state index contributed by atoms with van der Waals surface area (Å²) in [5, 5.41) is 8.34. The standard InChI is InChI=1S/C26H24N4O4/c31-23(11-6-16-27-25(33)18-7-2-1-3-8-18)28-20-14-12-19(13-15-20)26(34)30-17-24(32)29-21-9-4-5-10-22(21)30/h1-5,7-10,12-15H,6,11,16-17H2,(H,27,33)(H,28,31)(H,29,32). The van der Waals surface area contributed by atoms with E-state index in [1.54, 1.807) is 66.7 Å². The summed E-state index contributed by atoms with van der Waals surface area (Å²) >= 11 is 0. The predicted molar refractivity (Wildman–Crippen MR) is 130 cm³/mol. The maximum atomic E-state index is 13.0. The van der Waals surface area contributed by atoms with E-state index in [1.165, 1.54) is 4.90 Å². The Kier molecular flexibility index (Phi) is 6.98. The van der Waals surface area contributed by atoms with Crippen LogP contribution in [0.4, 0.5) is 17.1 Å². The number of carbonyl (C=O) groups is 4. The fourth-order valence-corrected chi connectivity index (χ4v) is 3.63. The number of hydrogen-bond donors (Lipinski definition) is 3. The van der Waals surface area contributed by atoms with E-state index in [0.717, 1.165) is 0 Å². The Morgan fingerprint density at radius 1 is 0.853 bits per heavy atom. The molecule has 0 atom stereocenters. The molecule has 4 amide bonds. The molecule has 0 fully saturated rings. The van der Waals surface area contributed by atoms with Gasteiger partial charge in [-0.25, -0.2) is 0 Å². The summed E-state index contributed by atoms with van der Waals surface area (Å²) in [6.45, 7) is 0.328. The molecule has 8 nitrogen and oxygen atoms in total. The van der Waals surface area contributed by atoms with Gasteiger partial charge in [0.2, 0.25) is 11.8 Å². The minimum atomic E-state index is -0.297. The lowest BCUT2D eigenvalue weighted by Crippen LogP contribution is -2.42. The van der Waals surface area contributed by atoms with Gasteiger partial charge in [0.25, 0.3) is 11.8 Å². The molecule has 1 aliphatic rings. The highest BCUT2D eigenvalue weighted by molar-refractivity contribution is 6.15. The fraction of sp³-hybridized carbons (Fsp3) is 0.154. The summed E-state index contributed by atoms with van der Waals surface area (Å²) in [6.07, 6.45) is 0.743. The maximum absolute atomic E-state index is 13.0. The zero-order valence-corrected chi connectivity index (χ0v) is 18.4. The van der Waals surface area contributed by atoms with Crippen LogP contribution in [0.15, 0.2) is 78.9 Å². The third-order valence-corrected chi connectivity index (χ3v) is 5.33. The first-order chi connectivity index (χ1) is 16.5. The van der Waals surface area contributed by atoms with E-state index < -0.39 is 0 Å². The number of rotatable bonds is 7. The number of carbonyl (C=O) groups excluding carboxylic acids is 4. The van der Waals surface area contributed by atoms with Gasteiger partial charge in [-0.15, -0.1) is 0 Å². The Balaban J connectivity index is 1.27. The van der Waals surface area contributed by atoms with Gasteiger partial charge in [-0.2, -0.15) is 0 Å². The number of hydrogen-bond acceptors (Lipinski definition) is 4. The molecule has 0 saturated heterocycles. The molecule has 8 heteroatoms. The molecule has 1 aliphatic heterocycles. The van der Waals surface area contributed by atoms with E-state index in [2.05, 4.69) is 16.0 Å². The summed E-state index contributed by atoms with van der Waals surface area (Å²) in [5.41, 5.74) is 2.79. The molecule has 0 unspecified atom stereocenters. The second-order valence-corrected chi connectivity index (χ2v) is 7.81. The van der Waals surface area contributed by atoms with Crippen LogP contribution in [0.1, 0.15) is 33.6 Å². The zero-order valence-electron chi connectivity index (χ0n) is 18.4. The largest absolute Gasteiger partial charge is 0.352 e. The number of nitrogens with zero attached hydrogens (tertiary/aromatic N) is 1. The Hall–Kier alpha value is -4.46. The van der Waals surface area contributed by atoms with E-state index in [1.807, 2.05) is 12.1 Å². The number of benzene rings is 3. The van der Waals surface area contributed by atoms with Crippen molar-refractivity contribution in [2.24, 2.45) is 0 Å². The van der Waals surface area contributed by atoms with E-state index >= 15 is 0 Å². The van der Waals surface area contributed by atoms with Crippen LogP contribution in [0.2, 0.25) is 0 Å². The molecule has 0 spiro atoms. The van der Waals surface area contributed by atoms with Crippen molar-refractivity contribution in [2.45, 2.75) is 12.8 Å². The molecule has 1 heterocycles. The topological polar surface area (TPSA) is 108 Å². The summed E-state index contributed by atoms with van der Waals surface area (Å²) in [4.78, 5) is 50.6. The van der Waals surface area contributed by atoms with Gasteiger partial charge >= 0.3 is 0 Å². The molecule has 0 radical (unpaired) electrons. The zero-order chi connectivity index (χ0) is 23.9. The van der Waals surface area contributed by atoms with Crippen molar-refractivity contribution < 1.29 is 19.2 Å². The highest BCUT2D eigenvalue weighted by Crippen LogP contribution is 2.30. The summed E-state index contributed by atoms with van der Waals surface area (Å²) in [6, 6.07) is 22.6. The lowest BCUT2D eigenvalue weighted by molar-refractivity contribution is -0.116. The van der Waals surface area contributed by atoms with Gasteiger partial charge in [0, 0.05) is 29.8 Å². The molecular weight excluding hydrogens is 432 g/mol. The molecule has 0 bridgehead atoms. The molecule has 0 aliphatic carbocycles. The van der Waals surface area contributed by atoms with Crippen molar-refractivity contribution in [3.8, 4) is 0 Å². The van der Waals surface area contributed by atoms with Crippen LogP contribution in [0.25, 0.3) is 0 Å². The van der Waals surface area contributed by atoms with E-state index in [4.69, 9.17) is 0 Å². The summed E-state index contributed by atoms with van der Waals surface area (Å²) in [7, 11) is 0. The third kappa shape index (κ3) is 5.47. The minimum Gasteiger partial charge on any atom is -0.352 e. The Morgan fingerprint density at radius 2 is 1.56 bits per heavy atom. The van der Waals surface area contributed by atoms with Crippen molar-refractivity contribution in [1.82, 2.24) is 5.32 Å². The van der Waals surface area contributed by atoms with Crippen LogP contribution in [-0.4, -0.2) is 36.7 Å². The minimum absolute atomic E-state index is 0.0604. The molecule has 4 rings (SSSR count). The average molecular weight is 457 g/mol. The summed E-state index contributed by atoms with van der Waals surface area (Å²) in [5.74, 6) is -0.907. The monoisotopic (exact) mass is 456 g/mol. The molecule has 34 heavy (non-hydrogen) atoms. The van der Waals surface area contributed by atoms with Crippen LogP contribution in [0, 0.1) is 0 Å². The quantitative estimate of drug-likeness (QED) is 0.474. The highest BCUT2D eigenvalue weighted by Gasteiger charge is 2.27. The van der Waals surface area contributed by atoms with Crippen molar-refractivity contribution in [3.63, 3.8) is 0 Å². The molecule has 3 N–H and O–H groups in total. The van der Waals surface area contributed by atoms with Gasteiger partial charge in [-0.1, -0.05) is 30.3 Å². The SMILES string of the molecule is O=C(CCCNC(=O)c1ccccc1)Nc1ccc(C(=O)N2CC(=O)Nc3ccccc32)cc1. The van der Waals surface area contributed by atoms with Crippen LogP contribution in [0.3, 0.4) is 0 Å². The van der Waals surface area contributed by atoms with E-state index in [-0.39, 0.29) is 36.6 Å². The lowest BCUT2D eigenvalue weighted by atomic mass is 10.1. The normalized spacial score (nSPS) is 12.4.